The minimum Gasteiger partial charge on any atom is -0.394 e. The zero-order valence-corrected chi connectivity index (χ0v) is 11.0. The molecule has 3 atom stereocenters. The molecule has 1 fully saturated rings. The Balaban J connectivity index is 2.22. The van der Waals surface area contributed by atoms with Crippen LogP contribution in [0.5, 0.6) is 0 Å². The summed E-state index contributed by atoms with van der Waals surface area (Å²) in [6, 6.07) is 9.83. The third kappa shape index (κ3) is 2.72. The first-order chi connectivity index (χ1) is 8.57. The Morgan fingerprint density at radius 2 is 1.94 bits per heavy atom. The SMILES string of the molecule is CO[C@H](c1ccccc1)[C@H]1OC(C)(C)O[C@@H]1CO. The summed E-state index contributed by atoms with van der Waals surface area (Å²) in [6.45, 7) is 3.60. The number of rotatable bonds is 4. The number of aliphatic hydroxyl groups is 1. The van der Waals surface area contributed by atoms with E-state index in [1.54, 1.807) is 7.11 Å². The molecule has 0 amide bonds. The van der Waals surface area contributed by atoms with Crippen LogP contribution in [0, 0.1) is 0 Å². The van der Waals surface area contributed by atoms with Crippen molar-refractivity contribution < 1.29 is 19.3 Å². The van der Waals surface area contributed by atoms with Gasteiger partial charge in [0.2, 0.25) is 0 Å². The van der Waals surface area contributed by atoms with Crippen LogP contribution in [0.3, 0.4) is 0 Å². The van der Waals surface area contributed by atoms with Gasteiger partial charge in [0.15, 0.2) is 5.79 Å². The van der Waals surface area contributed by atoms with Crippen molar-refractivity contribution in [1.29, 1.82) is 0 Å². The molecule has 0 aliphatic carbocycles. The van der Waals surface area contributed by atoms with Crippen molar-refractivity contribution in [2.24, 2.45) is 0 Å². The van der Waals surface area contributed by atoms with Crippen LogP contribution >= 0.6 is 0 Å². The van der Waals surface area contributed by atoms with E-state index < -0.39 is 5.79 Å². The molecular formula is C14H20O4. The lowest BCUT2D eigenvalue weighted by Gasteiger charge is -2.25. The normalized spacial score (nSPS) is 28.2. The van der Waals surface area contributed by atoms with E-state index in [-0.39, 0.29) is 24.9 Å². The van der Waals surface area contributed by atoms with Crippen LogP contribution in [0.4, 0.5) is 0 Å². The van der Waals surface area contributed by atoms with Gasteiger partial charge in [-0.2, -0.15) is 0 Å². The predicted molar refractivity (Wildman–Crippen MR) is 67.1 cm³/mol. The van der Waals surface area contributed by atoms with Crippen LogP contribution in [0.1, 0.15) is 25.5 Å². The van der Waals surface area contributed by atoms with Gasteiger partial charge >= 0.3 is 0 Å². The molecule has 0 aromatic heterocycles. The van der Waals surface area contributed by atoms with Crippen LogP contribution in [0.25, 0.3) is 0 Å². The molecule has 4 nitrogen and oxygen atoms in total. The fourth-order valence-electron chi connectivity index (χ4n) is 2.36. The molecule has 4 heteroatoms. The molecule has 0 saturated carbocycles. The van der Waals surface area contributed by atoms with Gasteiger partial charge in [-0.1, -0.05) is 30.3 Å². The van der Waals surface area contributed by atoms with Crippen molar-refractivity contribution in [1.82, 2.24) is 0 Å². The van der Waals surface area contributed by atoms with E-state index >= 15 is 0 Å². The maximum absolute atomic E-state index is 9.40. The lowest BCUT2D eigenvalue weighted by atomic mass is 10.0. The number of ether oxygens (including phenoxy) is 3. The summed E-state index contributed by atoms with van der Waals surface area (Å²) < 4.78 is 17.0. The third-order valence-electron chi connectivity index (χ3n) is 3.08. The summed E-state index contributed by atoms with van der Waals surface area (Å²) in [5.74, 6) is -0.691. The molecular weight excluding hydrogens is 232 g/mol. The van der Waals surface area contributed by atoms with Gasteiger partial charge in [0.1, 0.15) is 18.3 Å². The summed E-state index contributed by atoms with van der Waals surface area (Å²) in [5, 5.41) is 9.40. The van der Waals surface area contributed by atoms with Crippen molar-refractivity contribution in [2.45, 2.75) is 37.9 Å². The molecule has 1 aliphatic rings. The van der Waals surface area contributed by atoms with Gasteiger partial charge in [-0.05, 0) is 19.4 Å². The highest BCUT2D eigenvalue weighted by Crippen LogP contribution is 2.36. The summed E-state index contributed by atoms with van der Waals surface area (Å²) in [5.41, 5.74) is 1.02. The third-order valence-corrected chi connectivity index (χ3v) is 3.08. The molecule has 0 radical (unpaired) electrons. The van der Waals surface area contributed by atoms with Gasteiger partial charge in [0.25, 0.3) is 0 Å². The Kier molecular flexibility index (Phi) is 4.02. The maximum atomic E-state index is 9.40. The summed E-state index contributed by atoms with van der Waals surface area (Å²) in [4.78, 5) is 0. The van der Waals surface area contributed by atoms with Crippen molar-refractivity contribution in [3.8, 4) is 0 Å². The molecule has 1 aliphatic heterocycles. The number of aliphatic hydroxyl groups excluding tert-OH is 1. The van der Waals surface area contributed by atoms with Crippen LogP contribution in [0.2, 0.25) is 0 Å². The molecule has 0 unspecified atom stereocenters. The molecule has 1 heterocycles. The standard InChI is InChI=1S/C14H20O4/c1-14(2)17-11(9-15)13(18-14)12(16-3)10-7-5-4-6-8-10/h4-8,11-13,15H,9H2,1-3H3/t11-,12-,13+/m1/s1. The summed E-state index contributed by atoms with van der Waals surface area (Å²) >= 11 is 0. The first-order valence-corrected chi connectivity index (χ1v) is 6.11. The fraction of sp³-hybridized carbons (Fsp3) is 0.571. The molecule has 1 aromatic rings. The molecule has 0 spiro atoms. The van der Waals surface area contributed by atoms with Gasteiger partial charge in [-0.15, -0.1) is 0 Å². The van der Waals surface area contributed by atoms with E-state index in [0.29, 0.717) is 0 Å². The van der Waals surface area contributed by atoms with Gasteiger partial charge in [-0.3, -0.25) is 0 Å². The number of hydrogen-bond acceptors (Lipinski definition) is 4. The Bertz CT molecular complexity index is 377. The number of methoxy groups -OCH3 is 1. The number of benzene rings is 1. The minimum atomic E-state index is -0.691. The summed E-state index contributed by atoms with van der Waals surface area (Å²) in [7, 11) is 1.64. The topological polar surface area (TPSA) is 47.9 Å². The smallest absolute Gasteiger partial charge is 0.164 e. The average molecular weight is 252 g/mol. The highest BCUT2D eigenvalue weighted by Gasteiger charge is 2.45. The second-order valence-corrected chi connectivity index (χ2v) is 4.89. The first kappa shape index (κ1) is 13.5. The molecule has 100 valence electrons. The predicted octanol–water partition coefficient (Wildman–Crippen LogP) is 1.89. The Morgan fingerprint density at radius 3 is 2.50 bits per heavy atom. The van der Waals surface area contributed by atoms with Gasteiger partial charge < -0.3 is 19.3 Å². The molecule has 18 heavy (non-hydrogen) atoms. The number of hydrogen-bond donors (Lipinski definition) is 1. The van der Waals surface area contributed by atoms with E-state index in [9.17, 15) is 5.11 Å². The van der Waals surface area contributed by atoms with Crippen molar-refractivity contribution in [3.63, 3.8) is 0 Å². The van der Waals surface area contributed by atoms with Crippen molar-refractivity contribution in [3.05, 3.63) is 35.9 Å². The highest BCUT2D eigenvalue weighted by atomic mass is 16.8. The van der Waals surface area contributed by atoms with Crippen LogP contribution in [0.15, 0.2) is 30.3 Å². The monoisotopic (exact) mass is 252 g/mol. The van der Waals surface area contributed by atoms with Gasteiger partial charge in [0.05, 0.1) is 6.61 Å². The van der Waals surface area contributed by atoms with E-state index in [1.807, 2.05) is 44.2 Å². The van der Waals surface area contributed by atoms with E-state index in [1.165, 1.54) is 0 Å². The molecule has 1 saturated heterocycles. The second-order valence-electron chi connectivity index (χ2n) is 4.89. The van der Waals surface area contributed by atoms with E-state index in [0.717, 1.165) is 5.56 Å². The minimum absolute atomic E-state index is 0.0825. The van der Waals surface area contributed by atoms with Gasteiger partial charge in [0, 0.05) is 7.11 Å². The lowest BCUT2D eigenvalue weighted by Crippen LogP contribution is -2.33. The van der Waals surface area contributed by atoms with Gasteiger partial charge in [-0.25, -0.2) is 0 Å². The average Bonchev–Trinajstić information content (AvgIpc) is 2.67. The molecule has 2 rings (SSSR count). The fourth-order valence-corrected chi connectivity index (χ4v) is 2.36. The molecule has 0 bridgehead atoms. The Morgan fingerprint density at radius 1 is 1.28 bits per heavy atom. The van der Waals surface area contributed by atoms with E-state index in [2.05, 4.69) is 0 Å². The Labute approximate surface area is 107 Å². The van der Waals surface area contributed by atoms with Crippen LogP contribution < -0.4 is 0 Å². The van der Waals surface area contributed by atoms with Crippen molar-refractivity contribution in [2.75, 3.05) is 13.7 Å². The quantitative estimate of drug-likeness (QED) is 0.889. The maximum Gasteiger partial charge on any atom is 0.164 e. The second kappa shape index (κ2) is 5.36. The molecule has 1 N–H and O–H groups in total. The lowest BCUT2D eigenvalue weighted by molar-refractivity contribution is -0.159. The van der Waals surface area contributed by atoms with E-state index in [4.69, 9.17) is 14.2 Å². The molecule has 1 aromatic carbocycles. The summed E-state index contributed by atoms with van der Waals surface area (Å²) in [6.07, 6.45) is -0.923. The first-order valence-electron chi connectivity index (χ1n) is 6.11. The zero-order chi connectivity index (χ0) is 13.2. The Hall–Kier alpha value is -0.940. The largest absolute Gasteiger partial charge is 0.394 e. The van der Waals surface area contributed by atoms with Crippen LogP contribution in [-0.2, 0) is 14.2 Å². The highest BCUT2D eigenvalue weighted by molar-refractivity contribution is 5.19. The zero-order valence-electron chi connectivity index (χ0n) is 11.0. The van der Waals surface area contributed by atoms with Crippen molar-refractivity contribution >= 4 is 0 Å². The van der Waals surface area contributed by atoms with Crippen LogP contribution in [-0.4, -0.2) is 36.8 Å².